The first kappa shape index (κ1) is 56.4. The van der Waals surface area contributed by atoms with Crippen LogP contribution in [0.1, 0.15) is 27.7 Å². The summed E-state index contributed by atoms with van der Waals surface area (Å²) in [7, 11) is -0.401. The first-order valence-electron chi connectivity index (χ1n) is 28.5. The fourth-order valence-corrected chi connectivity index (χ4v) is 10.6. The largest absolute Gasteiger partial charge is 0.494 e. The number of nitrogens with zero attached hydrogens (tertiary/aromatic N) is 8. The number of hydrogen-bond donors (Lipinski definition) is 0. The lowest BCUT2D eigenvalue weighted by atomic mass is 9.79. The standard InChI is InChI=1S/C34H20N4O.C27H26BN3O2.C13H6BrNO/c1-35-27-17-19-29-28-18-16-26(20-30(28)39-31(29)21-27)22-12-14-25(15-13-22)34-37-32(23-8-4-2-5-9-23)36-33(38-34)24-10-6-3-7-11-24;1-26(2)27(3,4)33-28(32-26)22-17-15-21(16-18-22)25-30-23(19-11-7-5-8-12-19)29-24(31-25)20-13-9-6-10-14-20;1-15-9-3-5-11-10-4-2-8(14)6-12(10)16-13(11)7-9/h2-21H;5-18H,1-4H3;2-7H. The van der Waals surface area contributed by atoms with E-state index in [0.717, 1.165) is 98.3 Å². The molecule has 0 bridgehead atoms. The molecule has 1 aliphatic rings. The molecule has 1 fully saturated rings. The fraction of sp³-hybridized carbons (Fsp3) is 0.0811. The number of aromatic nitrogens is 6. The SMILES string of the molecule is CC1(C)OB(c2ccc(-c3nc(-c4ccccc4)nc(-c4ccccc4)n3)cc2)OC1(C)C.[C-]#[N+]c1ccc2c(c1)oc1cc(-c3ccc(-c4nc(-c5ccccc5)nc(-c5ccccc5)n4)cc3)ccc12.[C-]#[N+]c1ccc2c(c1)oc1cc(Br)ccc12. The molecular formula is C74H52BBrN8O4. The zero-order valence-electron chi connectivity index (χ0n) is 48.3. The normalized spacial score (nSPS) is 13.1. The molecule has 0 radical (unpaired) electrons. The highest BCUT2D eigenvalue weighted by Gasteiger charge is 2.51. The smallest absolute Gasteiger partial charge is 0.457 e. The van der Waals surface area contributed by atoms with Gasteiger partial charge in [-0.2, -0.15) is 0 Å². The summed E-state index contributed by atoms with van der Waals surface area (Å²) in [5, 5.41) is 4.18. The summed E-state index contributed by atoms with van der Waals surface area (Å²) in [5.41, 5.74) is 12.2. The zero-order chi connectivity index (χ0) is 60.4. The number of furan rings is 2. The van der Waals surface area contributed by atoms with Crippen LogP contribution >= 0.6 is 15.9 Å². The van der Waals surface area contributed by atoms with Gasteiger partial charge in [-0.15, -0.1) is 0 Å². The van der Waals surface area contributed by atoms with Crippen molar-refractivity contribution in [3.8, 4) is 79.5 Å². The predicted octanol–water partition coefficient (Wildman–Crippen LogP) is 19.1. The van der Waals surface area contributed by atoms with Crippen LogP contribution in [0.4, 0.5) is 11.4 Å². The van der Waals surface area contributed by atoms with E-state index in [9.17, 15) is 0 Å². The van der Waals surface area contributed by atoms with Gasteiger partial charge in [-0.05, 0) is 86.7 Å². The van der Waals surface area contributed by atoms with Gasteiger partial charge >= 0.3 is 7.12 Å². The van der Waals surface area contributed by atoms with Crippen molar-refractivity contribution >= 4 is 83.8 Å². The van der Waals surface area contributed by atoms with Gasteiger partial charge in [0.2, 0.25) is 0 Å². The Morgan fingerprint density at radius 1 is 0.330 bits per heavy atom. The second kappa shape index (κ2) is 24.0. The van der Waals surface area contributed by atoms with Crippen LogP contribution < -0.4 is 5.46 Å². The van der Waals surface area contributed by atoms with Gasteiger partial charge in [0.05, 0.1) is 24.3 Å². The molecule has 15 rings (SSSR count). The number of hydrogen-bond acceptors (Lipinski definition) is 10. The van der Waals surface area contributed by atoms with Gasteiger partial charge < -0.3 is 18.1 Å². The maximum Gasteiger partial charge on any atom is 0.494 e. The monoisotopic (exact) mass is 1210 g/mol. The van der Waals surface area contributed by atoms with Crippen molar-refractivity contribution in [1.29, 1.82) is 0 Å². The minimum absolute atomic E-state index is 0.375. The lowest BCUT2D eigenvalue weighted by molar-refractivity contribution is 0.00578. The quantitative estimate of drug-likeness (QED) is 0.107. The Kier molecular flexibility index (Phi) is 15.4. The average Bonchev–Trinajstić information content (AvgIpc) is 1.97. The first-order chi connectivity index (χ1) is 42.8. The van der Waals surface area contributed by atoms with Gasteiger partial charge in [0.1, 0.15) is 22.3 Å². The van der Waals surface area contributed by atoms with Crippen molar-refractivity contribution < 1.29 is 18.1 Å². The van der Waals surface area contributed by atoms with E-state index in [2.05, 4.69) is 77.6 Å². The van der Waals surface area contributed by atoms with Gasteiger partial charge in [-0.3, -0.25) is 0 Å². The second-order valence-corrected chi connectivity index (χ2v) is 22.9. The number of halogens is 1. The van der Waals surface area contributed by atoms with Crippen molar-refractivity contribution in [2.75, 3.05) is 0 Å². The van der Waals surface area contributed by atoms with Crippen LogP contribution in [0.15, 0.2) is 256 Å². The third kappa shape index (κ3) is 11.7. The van der Waals surface area contributed by atoms with Crippen LogP contribution in [0.2, 0.25) is 0 Å². The van der Waals surface area contributed by atoms with Crippen LogP contribution in [0, 0.1) is 13.1 Å². The topological polar surface area (TPSA) is 131 Å². The molecule has 0 atom stereocenters. The molecule has 14 aromatic rings. The Morgan fingerprint density at radius 2 is 0.625 bits per heavy atom. The molecule has 5 heterocycles. The van der Waals surface area contributed by atoms with Gasteiger partial charge in [-0.25, -0.2) is 39.6 Å². The molecule has 14 heteroatoms. The van der Waals surface area contributed by atoms with Gasteiger partial charge in [0.15, 0.2) is 46.3 Å². The highest BCUT2D eigenvalue weighted by molar-refractivity contribution is 9.10. The lowest BCUT2D eigenvalue weighted by Crippen LogP contribution is -2.41. The van der Waals surface area contributed by atoms with Crippen LogP contribution in [0.25, 0.3) is 133 Å². The molecular weight excluding hydrogens is 1160 g/mol. The van der Waals surface area contributed by atoms with Crippen molar-refractivity contribution in [3.05, 3.63) is 270 Å². The van der Waals surface area contributed by atoms with Crippen molar-refractivity contribution in [1.82, 2.24) is 29.9 Å². The molecule has 0 spiro atoms. The fourth-order valence-electron chi connectivity index (χ4n) is 10.3. The van der Waals surface area contributed by atoms with Crippen LogP contribution in [0.5, 0.6) is 0 Å². The van der Waals surface area contributed by atoms with Gasteiger partial charge in [-0.1, -0.05) is 216 Å². The van der Waals surface area contributed by atoms with E-state index in [0.29, 0.717) is 46.3 Å². The van der Waals surface area contributed by atoms with Crippen LogP contribution in [-0.2, 0) is 9.31 Å². The molecule has 1 aliphatic heterocycles. The Bertz CT molecular complexity index is 4820. The van der Waals surface area contributed by atoms with Crippen molar-refractivity contribution in [3.63, 3.8) is 0 Å². The molecule has 0 unspecified atom stereocenters. The molecule has 0 N–H and O–H groups in total. The van der Waals surface area contributed by atoms with E-state index in [-0.39, 0.29) is 11.2 Å². The minimum atomic E-state index is -0.401. The van der Waals surface area contributed by atoms with E-state index in [1.54, 1.807) is 12.1 Å². The van der Waals surface area contributed by atoms with E-state index < -0.39 is 7.12 Å². The maximum atomic E-state index is 7.26. The molecule has 12 nitrogen and oxygen atoms in total. The average molecular weight is 1210 g/mol. The Balaban J connectivity index is 0.000000132. The zero-order valence-corrected chi connectivity index (χ0v) is 49.8. The number of benzene rings is 10. The lowest BCUT2D eigenvalue weighted by Gasteiger charge is -2.32. The van der Waals surface area contributed by atoms with Crippen LogP contribution in [-0.4, -0.2) is 48.2 Å². The summed E-state index contributed by atoms with van der Waals surface area (Å²) < 4.78 is 25.2. The van der Waals surface area contributed by atoms with Crippen molar-refractivity contribution in [2.24, 2.45) is 0 Å². The third-order valence-electron chi connectivity index (χ3n) is 15.7. The highest BCUT2D eigenvalue weighted by atomic mass is 79.9. The molecule has 0 saturated carbocycles. The first-order valence-corrected chi connectivity index (χ1v) is 29.3. The van der Waals surface area contributed by atoms with E-state index in [1.807, 2.05) is 206 Å². The summed E-state index contributed by atoms with van der Waals surface area (Å²) in [5.74, 6) is 3.82. The summed E-state index contributed by atoms with van der Waals surface area (Å²) in [6.45, 7) is 22.5. The minimum Gasteiger partial charge on any atom is -0.457 e. The molecule has 4 aromatic heterocycles. The number of fused-ring (bicyclic) bond motifs is 6. The molecule has 422 valence electrons. The molecule has 1 saturated heterocycles. The Morgan fingerprint density at radius 3 is 1.00 bits per heavy atom. The molecule has 0 aliphatic carbocycles. The van der Waals surface area contributed by atoms with E-state index in [4.69, 9.17) is 61.2 Å². The summed E-state index contributed by atoms with van der Waals surface area (Å²) in [4.78, 5) is 35.6. The molecule has 88 heavy (non-hydrogen) atoms. The van der Waals surface area contributed by atoms with E-state index >= 15 is 0 Å². The van der Waals surface area contributed by atoms with E-state index in [1.165, 1.54) is 0 Å². The Hall–Kier alpha value is -10.7. The second-order valence-electron chi connectivity index (χ2n) is 22.0. The maximum absolute atomic E-state index is 7.26. The third-order valence-corrected chi connectivity index (χ3v) is 16.2. The summed E-state index contributed by atoms with van der Waals surface area (Å²) in [6, 6.07) is 79.4. The summed E-state index contributed by atoms with van der Waals surface area (Å²) >= 11 is 3.41. The number of rotatable bonds is 8. The highest BCUT2D eigenvalue weighted by Crippen LogP contribution is 2.39. The van der Waals surface area contributed by atoms with Crippen LogP contribution in [0.3, 0.4) is 0 Å². The van der Waals surface area contributed by atoms with Gasteiger partial charge in [0, 0.05) is 59.4 Å². The van der Waals surface area contributed by atoms with Crippen molar-refractivity contribution in [2.45, 2.75) is 38.9 Å². The predicted molar refractivity (Wildman–Crippen MR) is 355 cm³/mol. The molecule has 10 aromatic carbocycles. The molecule has 0 amide bonds. The summed E-state index contributed by atoms with van der Waals surface area (Å²) in [6.07, 6.45) is 0. The van der Waals surface area contributed by atoms with Gasteiger partial charge in [0.25, 0.3) is 0 Å². The Labute approximate surface area is 517 Å².